The van der Waals surface area contributed by atoms with Gasteiger partial charge in [-0.25, -0.2) is 0 Å². The molecule has 0 saturated carbocycles. The number of rotatable bonds is 47. The van der Waals surface area contributed by atoms with Crippen molar-refractivity contribution in [2.24, 2.45) is 0 Å². The van der Waals surface area contributed by atoms with Crippen molar-refractivity contribution in [1.82, 2.24) is 5.32 Å². The third-order valence-electron chi connectivity index (χ3n) is 13.1. The molecule has 0 aromatic rings. The Bertz CT molecular complexity index is 1170. The van der Waals surface area contributed by atoms with E-state index in [1.165, 1.54) is 173 Å². The van der Waals surface area contributed by atoms with Crippen LogP contribution >= 0.6 is 0 Å². The van der Waals surface area contributed by atoms with E-state index in [0.29, 0.717) is 6.42 Å². The number of aliphatic hydroxyl groups is 5. The van der Waals surface area contributed by atoms with Gasteiger partial charge in [-0.15, -0.1) is 0 Å². The first-order chi connectivity index (χ1) is 32.3. The minimum atomic E-state index is -1.58. The molecule has 9 nitrogen and oxygen atoms in total. The average Bonchev–Trinajstić information content (AvgIpc) is 3.32. The standard InChI is InChI=1S/C57H105NO8/c1-3-5-7-9-11-13-15-17-19-21-22-23-24-25-26-27-28-29-31-32-34-36-38-40-42-44-46-51(60)50(49-65-57-56(64)55(63)54(62)52(48-59)66-57)58-53(61)47-45-43-41-39-37-35-33-30-20-18-16-14-12-10-8-6-4-2/h18,20,29,31,36,38,44,46,50-52,54-57,59-60,62-64H,3-17,19,21-28,30,32-35,37,39-43,45,47-49H2,1-2H3,(H,58,61)/b20-18-,31-29+,38-36+,46-44+. The summed E-state index contributed by atoms with van der Waals surface area (Å²) >= 11 is 0. The van der Waals surface area contributed by atoms with E-state index in [4.69, 9.17) is 9.47 Å². The van der Waals surface area contributed by atoms with Crippen LogP contribution in [0.2, 0.25) is 0 Å². The quantitative estimate of drug-likeness (QED) is 0.0261. The van der Waals surface area contributed by atoms with Crippen molar-refractivity contribution < 1.29 is 39.8 Å². The molecule has 1 amide bonds. The monoisotopic (exact) mass is 932 g/mol. The average molecular weight is 932 g/mol. The van der Waals surface area contributed by atoms with Crippen LogP contribution in [-0.2, 0) is 14.3 Å². The lowest BCUT2D eigenvalue weighted by molar-refractivity contribution is -0.302. The van der Waals surface area contributed by atoms with E-state index in [9.17, 15) is 30.3 Å². The Labute approximate surface area is 405 Å². The Morgan fingerprint density at radius 2 is 0.864 bits per heavy atom. The molecule has 0 aromatic heterocycles. The summed E-state index contributed by atoms with van der Waals surface area (Å²) in [5.74, 6) is -0.195. The summed E-state index contributed by atoms with van der Waals surface area (Å²) in [4.78, 5) is 13.0. The summed E-state index contributed by atoms with van der Waals surface area (Å²) in [7, 11) is 0. The molecule has 7 atom stereocenters. The van der Waals surface area contributed by atoms with Crippen molar-refractivity contribution in [2.45, 2.75) is 294 Å². The van der Waals surface area contributed by atoms with Gasteiger partial charge in [0, 0.05) is 6.42 Å². The Balaban J connectivity index is 2.28. The zero-order valence-corrected chi connectivity index (χ0v) is 42.7. The molecule has 9 heteroatoms. The van der Waals surface area contributed by atoms with Gasteiger partial charge in [0.2, 0.25) is 5.91 Å². The SMILES string of the molecule is CCCCCCCC/C=C\CCCCCCCCCC(=O)NC(COC1OC(CO)C(O)C(O)C1O)C(O)/C=C/CC/C=C/CC/C=C/CCCCCCCCCCCCCCCCCC. The van der Waals surface area contributed by atoms with Gasteiger partial charge in [-0.3, -0.25) is 4.79 Å². The smallest absolute Gasteiger partial charge is 0.220 e. The maximum atomic E-state index is 13.0. The van der Waals surface area contributed by atoms with Gasteiger partial charge in [-0.2, -0.15) is 0 Å². The van der Waals surface area contributed by atoms with Crippen molar-refractivity contribution >= 4 is 5.91 Å². The van der Waals surface area contributed by atoms with E-state index in [0.717, 1.165) is 57.8 Å². The molecule has 66 heavy (non-hydrogen) atoms. The molecule has 1 aliphatic rings. The van der Waals surface area contributed by atoms with Gasteiger partial charge in [0.1, 0.15) is 24.4 Å². The van der Waals surface area contributed by atoms with Crippen molar-refractivity contribution in [3.05, 3.63) is 48.6 Å². The van der Waals surface area contributed by atoms with Crippen LogP contribution in [0.15, 0.2) is 48.6 Å². The lowest BCUT2D eigenvalue weighted by Crippen LogP contribution is -2.60. The van der Waals surface area contributed by atoms with Gasteiger partial charge in [-0.1, -0.05) is 223 Å². The number of nitrogens with one attached hydrogen (secondary N) is 1. The first kappa shape index (κ1) is 62.2. The summed E-state index contributed by atoms with van der Waals surface area (Å²) < 4.78 is 11.2. The Morgan fingerprint density at radius 1 is 0.500 bits per heavy atom. The molecular formula is C57H105NO8. The van der Waals surface area contributed by atoms with E-state index in [1.54, 1.807) is 6.08 Å². The van der Waals surface area contributed by atoms with Crippen molar-refractivity contribution in [3.63, 3.8) is 0 Å². The number of hydrogen-bond donors (Lipinski definition) is 6. The third-order valence-corrected chi connectivity index (χ3v) is 13.1. The molecule has 1 saturated heterocycles. The van der Waals surface area contributed by atoms with Gasteiger partial charge >= 0.3 is 0 Å². The lowest BCUT2D eigenvalue weighted by atomic mass is 9.99. The molecule has 1 heterocycles. The second-order valence-electron chi connectivity index (χ2n) is 19.4. The van der Waals surface area contributed by atoms with Gasteiger partial charge in [-0.05, 0) is 70.6 Å². The van der Waals surface area contributed by atoms with Gasteiger partial charge in [0.15, 0.2) is 6.29 Å². The molecule has 7 unspecified atom stereocenters. The Morgan fingerprint density at radius 3 is 1.27 bits per heavy atom. The predicted molar refractivity (Wildman–Crippen MR) is 276 cm³/mol. The summed E-state index contributed by atoms with van der Waals surface area (Å²) in [5.41, 5.74) is 0. The molecular weight excluding hydrogens is 827 g/mol. The highest BCUT2D eigenvalue weighted by Crippen LogP contribution is 2.23. The van der Waals surface area contributed by atoms with Crippen molar-refractivity contribution in [3.8, 4) is 0 Å². The minimum Gasteiger partial charge on any atom is -0.394 e. The number of amides is 1. The van der Waals surface area contributed by atoms with E-state index in [1.807, 2.05) is 6.08 Å². The maximum Gasteiger partial charge on any atom is 0.220 e. The second kappa shape index (κ2) is 46.9. The van der Waals surface area contributed by atoms with Crippen LogP contribution in [0.4, 0.5) is 0 Å². The normalized spacial score (nSPS) is 20.1. The molecule has 6 N–H and O–H groups in total. The van der Waals surface area contributed by atoms with Crippen LogP contribution in [0.3, 0.4) is 0 Å². The number of hydrogen-bond acceptors (Lipinski definition) is 8. The van der Waals surface area contributed by atoms with Crippen molar-refractivity contribution in [1.29, 1.82) is 0 Å². The molecule has 1 rings (SSSR count). The molecule has 1 aliphatic heterocycles. The van der Waals surface area contributed by atoms with E-state index < -0.39 is 49.5 Å². The summed E-state index contributed by atoms with van der Waals surface area (Å²) in [6, 6.07) is -0.831. The van der Waals surface area contributed by atoms with Gasteiger partial charge < -0.3 is 40.3 Å². The van der Waals surface area contributed by atoms with E-state index in [-0.39, 0.29) is 12.5 Å². The van der Waals surface area contributed by atoms with Gasteiger partial charge in [0.25, 0.3) is 0 Å². The molecule has 0 aliphatic carbocycles. The van der Waals surface area contributed by atoms with Gasteiger partial charge in [0.05, 0.1) is 25.4 Å². The first-order valence-electron chi connectivity index (χ1n) is 27.9. The number of carbonyl (C=O) groups is 1. The summed E-state index contributed by atoms with van der Waals surface area (Å²) in [6.07, 6.45) is 54.6. The highest BCUT2D eigenvalue weighted by molar-refractivity contribution is 5.76. The zero-order valence-electron chi connectivity index (χ0n) is 42.7. The van der Waals surface area contributed by atoms with Crippen LogP contribution in [-0.4, -0.2) is 87.5 Å². The van der Waals surface area contributed by atoms with Crippen LogP contribution < -0.4 is 5.32 Å². The van der Waals surface area contributed by atoms with E-state index in [2.05, 4.69) is 55.6 Å². The van der Waals surface area contributed by atoms with E-state index >= 15 is 0 Å². The summed E-state index contributed by atoms with van der Waals surface area (Å²) in [6.45, 7) is 3.76. The number of carbonyl (C=O) groups excluding carboxylic acids is 1. The highest BCUT2D eigenvalue weighted by Gasteiger charge is 2.44. The molecule has 0 radical (unpaired) electrons. The van der Waals surface area contributed by atoms with Crippen LogP contribution in [0.25, 0.3) is 0 Å². The molecule has 1 fully saturated rings. The zero-order chi connectivity index (χ0) is 48.0. The minimum absolute atomic E-state index is 0.195. The molecule has 0 spiro atoms. The second-order valence-corrected chi connectivity index (χ2v) is 19.4. The number of unbranched alkanes of at least 4 members (excludes halogenated alkanes) is 31. The molecule has 386 valence electrons. The number of aliphatic hydroxyl groups excluding tert-OH is 5. The van der Waals surface area contributed by atoms with Crippen LogP contribution in [0.5, 0.6) is 0 Å². The van der Waals surface area contributed by atoms with Crippen molar-refractivity contribution in [2.75, 3.05) is 13.2 Å². The lowest BCUT2D eigenvalue weighted by Gasteiger charge is -2.40. The van der Waals surface area contributed by atoms with Crippen LogP contribution in [0, 0.1) is 0 Å². The number of ether oxygens (including phenoxy) is 2. The maximum absolute atomic E-state index is 13.0. The fourth-order valence-corrected chi connectivity index (χ4v) is 8.65. The fraction of sp³-hybridized carbons (Fsp3) is 0.842. The Hall–Kier alpha value is -1.85. The highest BCUT2D eigenvalue weighted by atomic mass is 16.7. The molecule has 0 bridgehead atoms. The third kappa shape index (κ3) is 36.2. The summed E-state index contributed by atoms with van der Waals surface area (Å²) in [5, 5.41) is 54.4. The predicted octanol–water partition coefficient (Wildman–Crippen LogP) is 13.3. The first-order valence-corrected chi connectivity index (χ1v) is 27.9. The number of allylic oxidation sites excluding steroid dienone is 7. The topological polar surface area (TPSA) is 149 Å². The Kier molecular flexibility index (Phi) is 44.1. The fourth-order valence-electron chi connectivity index (χ4n) is 8.65. The molecule has 0 aromatic carbocycles. The largest absolute Gasteiger partial charge is 0.394 e. The van der Waals surface area contributed by atoms with Crippen LogP contribution in [0.1, 0.15) is 251 Å².